The third-order valence-corrected chi connectivity index (χ3v) is 4.12. The van der Waals surface area contributed by atoms with Gasteiger partial charge >= 0.3 is 0 Å². The van der Waals surface area contributed by atoms with E-state index in [4.69, 9.17) is 0 Å². The second-order valence-electron chi connectivity index (χ2n) is 5.75. The summed E-state index contributed by atoms with van der Waals surface area (Å²) in [6.45, 7) is 4.97. The Morgan fingerprint density at radius 1 is 0.870 bits per heavy atom. The average Bonchev–Trinajstić information content (AvgIpc) is 2.60. The highest BCUT2D eigenvalue weighted by atomic mass is 16.1. The highest BCUT2D eigenvalue weighted by Gasteiger charge is 2.14. The van der Waals surface area contributed by atoms with Crippen LogP contribution in [0.5, 0.6) is 0 Å². The molecule has 0 fully saturated rings. The van der Waals surface area contributed by atoms with Crippen molar-refractivity contribution in [2.75, 3.05) is 0 Å². The lowest BCUT2D eigenvalue weighted by atomic mass is 10.0. The van der Waals surface area contributed by atoms with Crippen LogP contribution in [-0.4, -0.2) is 4.57 Å². The molecule has 0 aliphatic heterocycles. The number of nitrogens with zero attached hydrogens (tertiary/aromatic N) is 1. The summed E-state index contributed by atoms with van der Waals surface area (Å²) in [5, 5.41) is 0. The monoisotopic (exact) mass is 303 g/mol. The molecular formula is C21H21NO. The van der Waals surface area contributed by atoms with Crippen molar-refractivity contribution in [3.63, 3.8) is 0 Å². The normalized spacial score (nSPS) is 10.7. The highest BCUT2D eigenvalue weighted by Crippen LogP contribution is 2.28. The number of hydrogen-bond acceptors (Lipinski definition) is 1. The average molecular weight is 303 g/mol. The maximum absolute atomic E-state index is 12.6. The van der Waals surface area contributed by atoms with Crippen LogP contribution in [0.4, 0.5) is 0 Å². The third kappa shape index (κ3) is 2.98. The Balaban J connectivity index is 2.34. The Labute approximate surface area is 137 Å². The maximum atomic E-state index is 12.6. The molecule has 0 aliphatic rings. The molecule has 3 rings (SSSR count). The first-order valence-electron chi connectivity index (χ1n) is 8.07. The van der Waals surface area contributed by atoms with Crippen molar-refractivity contribution in [1.82, 2.24) is 4.57 Å². The fourth-order valence-electron chi connectivity index (χ4n) is 3.02. The minimum Gasteiger partial charge on any atom is -0.340 e. The van der Waals surface area contributed by atoms with Gasteiger partial charge < -0.3 is 4.57 Å². The molecule has 1 aromatic heterocycles. The van der Waals surface area contributed by atoms with E-state index in [2.05, 4.69) is 35.8 Å². The van der Waals surface area contributed by atoms with E-state index in [1.54, 1.807) is 6.07 Å². The molecule has 3 aromatic rings. The van der Waals surface area contributed by atoms with Crippen LogP contribution in [0.2, 0.25) is 0 Å². The molecule has 0 spiro atoms. The predicted octanol–water partition coefficient (Wildman–Crippen LogP) is 4.90. The zero-order chi connectivity index (χ0) is 16.2. The van der Waals surface area contributed by atoms with Gasteiger partial charge in [-0.1, -0.05) is 67.6 Å². The van der Waals surface area contributed by atoms with E-state index in [0.717, 1.165) is 41.0 Å². The van der Waals surface area contributed by atoms with Crippen LogP contribution < -0.4 is 5.43 Å². The first kappa shape index (κ1) is 15.3. The van der Waals surface area contributed by atoms with Crippen molar-refractivity contribution in [3.05, 3.63) is 82.5 Å². The lowest BCUT2D eigenvalue weighted by molar-refractivity contribution is 0.684. The minimum absolute atomic E-state index is 0.0926. The summed E-state index contributed by atoms with van der Waals surface area (Å²) in [5.74, 6) is 0. The van der Waals surface area contributed by atoms with E-state index in [1.165, 1.54) is 0 Å². The van der Waals surface area contributed by atoms with Crippen LogP contribution in [-0.2, 0) is 6.54 Å². The number of hydrogen-bond donors (Lipinski definition) is 0. The van der Waals surface area contributed by atoms with Crippen molar-refractivity contribution in [1.29, 1.82) is 0 Å². The quantitative estimate of drug-likeness (QED) is 0.672. The summed E-state index contributed by atoms with van der Waals surface area (Å²) in [5.41, 5.74) is 5.09. The number of benzene rings is 2. The molecule has 0 saturated heterocycles. The Hall–Kier alpha value is -2.61. The minimum atomic E-state index is 0.0926. The van der Waals surface area contributed by atoms with Gasteiger partial charge in [0.2, 0.25) is 0 Å². The van der Waals surface area contributed by atoms with E-state index in [9.17, 15) is 4.79 Å². The second kappa shape index (κ2) is 6.66. The fraction of sp³-hybridized carbons (Fsp3) is 0.190. The lowest BCUT2D eigenvalue weighted by Gasteiger charge is -2.21. The van der Waals surface area contributed by atoms with E-state index in [1.807, 2.05) is 43.3 Å². The summed E-state index contributed by atoms with van der Waals surface area (Å²) in [4.78, 5) is 12.6. The molecule has 0 atom stereocenters. The molecule has 2 nitrogen and oxygen atoms in total. The second-order valence-corrected chi connectivity index (χ2v) is 5.75. The van der Waals surface area contributed by atoms with E-state index >= 15 is 0 Å². The van der Waals surface area contributed by atoms with E-state index < -0.39 is 0 Å². The van der Waals surface area contributed by atoms with Crippen molar-refractivity contribution in [2.45, 2.75) is 26.8 Å². The first-order valence-corrected chi connectivity index (χ1v) is 8.07. The van der Waals surface area contributed by atoms with Crippen molar-refractivity contribution in [2.24, 2.45) is 0 Å². The van der Waals surface area contributed by atoms with E-state index in [-0.39, 0.29) is 5.43 Å². The van der Waals surface area contributed by atoms with Crippen LogP contribution in [0.1, 0.15) is 18.9 Å². The van der Waals surface area contributed by atoms with Gasteiger partial charge in [0.25, 0.3) is 0 Å². The van der Waals surface area contributed by atoms with Crippen molar-refractivity contribution in [3.8, 4) is 22.5 Å². The highest BCUT2D eigenvalue weighted by molar-refractivity contribution is 5.70. The Kier molecular flexibility index (Phi) is 4.42. The van der Waals surface area contributed by atoms with Crippen LogP contribution in [0, 0.1) is 6.92 Å². The lowest BCUT2D eigenvalue weighted by Crippen LogP contribution is -2.16. The third-order valence-electron chi connectivity index (χ3n) is 4.12. The summed E-state index contributed by atoms with van der Waals surface area (Å²) >= 11 is 0. The van der Waals surface area contributed by atoms with Gasteiger partial charge in [-0.2, -0.15) is 0 Å². The predicted molar refractivity (Wildman–Crippen MR) is 96.6 cm³/mol. The van der Waals surface area contributed by atoms with Crippen LogP contribution in [0.15, 0.2) is 71.5 Å². The molecule has 0 aliphatic carbocycles. The summed E-state index contributed by atoms with van der Waals surface area (Å²) in [7, 11) is 0. The van der Waals surface area contributed by atoms with Crippen molar-refractivity contribution < 1.29 is 0 Å². The SMILES string of the molecule is CCCn1c(-c2ccccc2)cc(=O)c(C)c1-c1ccccc1. The Morgan fingerprint density at radius 2 is 1.43 bits per heavy atom. The first-order chi connectivity index (χ1) is 11.2. The van der Waals surface area contributed by atoms with Crippen LogP contribution in [0.25, 0.3) is 22.5 Å². The fourth-order valence-corrected chi connectivity index (χ4v) is 3.02. The molecule has 2 aromatic carbocycles. The molecule has 0 bridgehead atoms. The van der Waals surface area contributed by atoms with Gasteiger partial charge in [-0.25, -0.2) is 0 Å². The molecule has 0 N–H and O–H groups in total. The van der Waals surface area contributed by atoms with Gasteiger partial charge in [-0.05, 0) is 24.5 Å². The molecule has 23 heavy (non-hydrogen) atoms. The molecular weight excluding hydrogens is 282 g/mol. The molecule has 0 radical (unpaired) electrons. The number of rotatable bonds is 4. The number of aromatic nitrogens is 1. The van der Waals surface area contributed by atoms with Gasteiger partial charge in [0, 0.05) is 18.2 Å². The molecule has 0 saturated carbocycles. The zero-order valence-electron chi connectivity index (χ0n) is 13.6. The molecule has 1 heterocycles. The topological polar surface area (TPSA) is 22.0 Å². The Bertz CT molecular complexity index is 848. The standard InChI is InChI=1S/C21H21NO/c1-3-14-22-19(17-10-6-4-7-11-17)15-20(23)16(2)21(22)18-12-8-5-9-13-18/h4-13,15H,3,14H2,1-2H3. The van der Waals surface area contributed by atoms with Crippen molar-refractivity contribution >= 4 is 0 Å². The summed E-state index contributed by atoms with van der Waals surface area (Å²) in [6.07, 6.45) is 1.02. The van der Waals surface area contributed by atoms with Crippen LogP contribution >= 0.6 is 0 Å². The maximum Gasteiger partial charge on any atom is 0.185 e. The van der Waals surface area contributed by atoms with Gasteiger partial charge in [-0.3, -0.25) is 4.79 Å². The summed E-state index contributed by atoms with van der Waals surface area (Å²) < 4.78 is 2.28. The molecule has 0 unspecified atom stereocenters. The van der Waals surface area contributed by atoms with Gasteiger partial charge in [0.05, 0.1) is 11.4 Å². The largest absolute Gasteiger partial charge is 0.340 e. The number of pyridine rings is 1. The Morgan fingerprint density at radius 3 is 2.00 bits per heavy atom. The molecule has 116 valence electrons. The van der Waals surface area contributed by atoms with Gasteiger partial charge in [0.1, 0.15) is 0 Å². The molecule has 2 heteroatoms. The zero-order valence-corrected chi connectivity index (χ0v) is 13.6. The van der Waals surface area contributed by atoms with Crippen LogP contribution in [0.3, 0.4) is 0 Å². The molecule has 0 amide bonds. The van der Waals surface area contributed by atoms with Gasteiger partial charge in [-0.15, -0.1) is 0 Å². The van der Waals surface area contributed by atoms with E-state index in [0.29, 0.717) is 0 Å². The smallest absolute Gasteiger partial charge is 0.185 e. The van der Waals surface area contributed by atoms with Gasteiger partial charge in [0.15, 0.2) is 5.43 Å². The summed E-state index contributed by atoms with van der Waals surface area (Å²) in [6, 6.07) is 22.1.